The first kappa shape index (κ1) is 25.3. The molecule has 0 aliphatic heterocycles. The number of urea groups is 1. The van der Waals surface area contributed by atoms with Crippen molar-refractivity contribution >= 4 is 11.7 Å². The average Bonchev–Trinajstić information content (AvgIpc) is 3.08. The standard InChI is InChI=1S/C28H49N3O/c1-7-8-17-28(6)24-16-18-27(5)22(20(4)11-9-10-19(2)3)13-14-23(27)21(24)12-15-25(28)30-31-26(29)32/h7,19-24H,1,8-18H2,2-6H3,(H3,29,31,32)/b30-25-/t20-,21-,22-,23+,24-,27-,28+/m1/s1. The lowest BCUT2D eigenvalue weighted by atomic mass is 9.47. The third kappa shape index (κ3) is 4.94. The summed E-state index contributed by atoms with van der Waals surface area (Å²) in [6, 6.07) is -0.563. The maximum atomic E-state index is 11.3. The highest BCUT2D eigenvalue weighted by Gasteiger charge is 2.59. The summed E-state index contributed by atoms with van der Waals surface area (Å²) in [6.07, 6.45) is 15.9. The van der Waals surface area contributed by atoms with Gasteiger partial charge in [-0.2, -0.15) is 5.10 Å². The van der Waals surface area contributed by atoms with Crippen LogP contribution in [0.15, 0.2) is 17.8 Å². The van der Waals surface area contributed by atoms with Crippen LogP contribution in [0, 0.1) is 46.3 Å². The van der Waals surface area contributed by atoms with E-state index < -0.39 is 6.03 Å². The lowest BCUT2D eigenvalue weighted by molar-refractivity contribution is -0.0439. The van der Waals surface area contributed by atoms with Gasteiger partial charge in [-0.1, -0.05) is 60.0 Å². The fourth-order valence-electron chi connectivity index (χ4n) is 8.35. The molecule has 3 aliphatic carbocycles. The SMILES string of the molecule is C=CCC[C@]1(C)/C(=N\NC(N)=O)CC[C@H]2[C@H]1CC[C@]1(C)[C@@H]([C@H](C)CCCC(C)C)CC[C@@H]21. The third-order valence-electron chi connectivity index (χ3n) is 10.00. The number of carbonyl (C=O) groups excluding carboxylic acids is 1. The van der Waals surface area contributed by atoms with Gasteiger partial charge < -0.3 is 5.73 Å². The highest BCUT2D eigenvalue weighted by Crippen LogP contribution is 2.66. The van der Waals surface area contributed by atoms with E-state index >= 15 is 0 Å². The van der Waals surface area contributed by atoms with Gasteiger partial charge in [-0.25, -0.2) is 10.2 Å². The van der Waals surface area contributed by atoms with E-state index in [-0.39, 0.29) is 5.41 Å². The van der Waals surface area contributed by atoms with Gasteiger partial charge >= 0.3 is 6.03 Å². The molecule has 0 radical (unpaired) electrons. The van der Waals surface area contributed by atoms with Crippen LogP contribution in [-0.4, -0.2) is 11.7 Å². The molecule has 3 rings (SSSR count). The Hall–Kier alpha value is -1.32. The number of allylic oxidation sites excluding steroid dienone is 1. The van der Waals surface area contributed by atoms with E-state index in [2.05, 4.69) is 51.7 Å². The number of fused-ring (bicyclic) bond motifs is 3. The van der Waals surface area contributed by atoms with Crippen molar-refractivity contribution in [3.63, 3.8) is 0 Å². The number of primary amides is 1. The molecule has 3 aliphatic rings. The molecule has 32 heavy (non-hydrogen) atoms. The minimum absolute atomic E-state index is 0.0296. The number of nitrogens with zero attached hydrogens (tertiary/aromatic N) is 1. The van der Waals surface area contributed by atoms with Gasteiger partial charge in [0.1, 0.15) is 0 Å². The highest BCUT2D eigenvalue weighted by molar-refractivity contribution is 5.92. The largest absolute Gasteiger partial charge is 0.350 e. The van der Waals surface area contributed by atoms with Crippen LogP contribution < -0.4 is 11.2 Å². The van der Waals surface area contributed by atoms with Crippen LogP contribution in [0.2, 0.25) is 0 Å². The van der Waals surface area contributed by atoms with Gasteiger partial charge in [-0.15, -0.1) is 6.58 Å². The Balaban J connectivity index is 1.78. The normalized spacial score (nSPS) is 38.9. The fourth-order valence-corrected chi connectivity index (χ4v) is 8.35. The molecule has 0 unspecified atom stereocenters. The van der Waals surface area contributed by atoms with Crippen molar-refractivity contribution in [1.29, 1.82) is 0 Å². The lowest BCUT2D eigenvalue weighted by Crippen LogP contribution is -2.53. The van der Waals surface area contributed by atoms with E-state index in [0.29, 0.717) is 11.3 Å². The zero-order chi connectivity index (χ0) is 23.5. The zero-order valence-electron chi connectivity index (χ0n) is 21.5. The molecule has 2 amide bonds. The number of nitrogens with one attached hydrogen (secondary N) is 1. The van der Waals surface area contributed by atoms with Crippen molar-refractivity contribution in [2.24, 2.45) is 57.2 Å². The quantitative estimate of drug-likeness (QED) is 0.285. The van der Waals surface area contributed by atoms with Gasteiger partial charge in [0, 0.05) is 11.1 Å². The Morgan fingerprint density at radius 2 is 1.94 bits per heavy atom. The van der Waals surface area contributed by atoms with E-state index in [9.17, 15) is 4.79 Å². The number of amides is 2. The van der Waals surface area contributed by atoms with Crippen molar-refractivity contribution < 1.29 is 4.79 Å². The number of hydrogen-bond donors (Lipinski definition) is 2. The van der Waals surface area contributed by atoms with Gasteiger partial charge in [-0.05, 0) is 92.3 Å². The van der Waals surface area contributed by atoms with Crippen LogP contribution in [0.4, 0.5) is 4.79 Å². The molecule has 4 heteroatoms. The molecule has 4 nitrogen and oxygen atoms in total. The molecular weight excluding hydrogens is 394 g/mol. The van der Waals surface area contributed by atoms with Gasteiger partial charge in [0.05, 0.1) is 0 Å². The third-order valence-corrected chi connectivity index (χ3v) is 10.00. The summed E-state index contributed by atoms with van der Waals surface area (Å²) in [5, 5.41) is 4.53. The van der Waals surface area contributed by atoms with E-state index in [4.69, 9.17) is 5.73 Å². The Bertz CT molecular complexity index is 701. The minimum atomic E-state index is -0.563. The van der Waals surface area contributed by atoms with Gasteiger partial charge in [0.15, 0.2) is 0 Å². The molecule has 0 aromatic heterocycles. The molecule has 0 bridgehead atoms. The predicted molar refractivity (Wildman–Crippen MR) is 135 cm³/mol. The molecular formula is C28H49N3O. The molecule has 3 fully saturated rings. The predicted octanol–water partition coefficient (Wildman–Crippen LogP) is 7.30. The van der Waals surface area contributed by atoms with Crippen LogP contribution in [0.1, 0.15) is 105 Å². The molecule has 0 spiro atoms. The van der Waals surface area contributed by atoms with Crippen molar-refractivity contribution in [1.82, 2.24) is 5.43 Å². The smallest absolute Gasteiger partial charge is 0.332 e. The topological polar surface area (TPSA) is 67.5 Å². The van der Waals surface area contributed by atoms with E-state index in [0.717, 1.165) is 54.6 Å². The maximum absolute atomic E-state index is 11.3. The summed E-state index contributed by atoms with van der Waals surface area (Å²) >= 11 is 0. The first-order chi connectivity index (χ1) is 15.1. The maximum Gasteiger partial charge on any atom is 0.332 e. The first-order valence-corrected chi connectivity index (χ1v) is 13.4. The number of hydrazone groups is 1. The van der Waals surface area contributed by atoms with E-state index in [1.807, 2.05) is 6.08 Å². The average molecular weight is 444 g/mol. The lowest BCUT2D eigenvalue weighted by Gasteiger charge is -2.57. The summed E-state index contributed by atoms with van der Waals surface area (Å²) in [5.41, 5.74) is 9.57. The van der Waals surface area contributed by atoms with Crippen molar-refractivity contribution in [2.75, 3.05) is 0 Å². The fraction of sp³-hybridized carbons (Fsp3) is 0.857. The van der Waals surface area contributed by atoms with Crippen LogP contribution >= 0.6 is 0 Å². The molecule has 3 N–H and O–H groups in total. The van der Waals surface area contributed by atoms with Crippen molar-refractivity contribution in [3.8, 4) is 0 Å². The number of hydrogen-bond acceptors (Lipinski definition) is 2. The number of rotatable bonds is 9. The zero-order valence-corrected chi connectivity index (χ0v) is 21.5. The Morgan fingerprint density at radius 3 is 2.59 bits per heavy atom. The molecule has 3 saturated carbocycles. The molecule has 0 saturated heterocycles. The summed E-state index contributed by atoms with van der Waals surface area (Å²) in [7, 11) is 0. The Labute approximate surface area is 197 Å². The summed E-state index contributed by atoms with van der Waals surface area (Å²) in [4.78, 5) is 11.3. The van der Waals surface area contributed by atoms with Gasteiger partial charge in [-0.3, -0.25) is 0 Å². The van der Waals surface area contributed by atoms with Crippen LogP contribution in [0.3, 0.4) is 0 Å². The second-order valence-corrected chi connectivity index (χ2v) is 12.2. The van der Waals surface area contributed by atoms with Crippen molar-refractivity contribution in [2.45, 2.75) is 105 Å². The molecule has 0 aromatic rings. The van der Waals surface area contributed by atoms with Crippen LogP contribution in [0.25, 0.3) is 0 Å². The van der Waals surface area contributed by atoms with Crippen molar-refractivity contribution in [3.05, 3.63) is 12.7 Å². The second-order valence-electron chi connectivity index (χ2n) is 12.2. The van der Waals surface area contributed by atoms with Gasteiger partial charge in [0.2, 0.25) is 0 Å². The van der Waals surface area contributed by atoms with E-state index in [1.165, 1.54) is 51.4 Å². The minimum Gasteiger partial charge on any atom is -0.350 e. The summed E-state index contributed by atoms with van der Waals surface area (Å²) in [6.45, 7) is 16.3. The van der Waals surface area contributed by atoms with E-state index in [1.54, 1.807) is 0 Å². The molecule has 7 atom stereocenters. The Kier molecular flexibility index (Phi) is 8.15. The molecule has 0 heterocycles. The first-order valence-electron chi connectivity index (χ1n) is 13.4. The second kappa shape index (κ2) is 10.3. The monoisotopic (exact) mass is 443 g/mol. The Morgan fingerprint density at radius 1 is 1.19 bits per heavy atom. The van der Waals surface area contributed by atoms with Crippen LogP contribution in [-0.2, 0) is 0 Å². The molecule has 182 valence electrons. The number of carbonyl (C=O) groups is 1. The highest BCUT2D eigenvalue weighted by atomic mass is 16.2. The summed E-state index contributed by atoms with van der Waals surface area (Å²) < 4.78 is 0. The summed E-state index contributed by atoms with van der Waals surface area (Å²) in [5.74, 6) is 4.81. The molecule has 0 aromatic carbocycles. The number of nitrogens with two attached hydrogens (primary N) is 1. The van der Waals surface area contributed by atoms with Gasteiger partial charge in [0.25, 0.3) is 0 Å². The van der Waals surface area contributed by atoms with Crippen LogP contribution in [0.5, 0.6) is 0 Å².